The molecule has 94 valence electrons. The molecule has 0 aromatic heterocycles. The van der Waals surface area contributed by atoms with Crippen molar-refractivity contribution in [2.75, 3.05) is 13.1 Å². The van der Waals surface area contributed by atoms with Gasteiger partial charge in [0.05, 0.1) is 0 Å². The van der Waals surface area contributed by atoms with Crippen LogP contribution in [0, 0.1) is 0 Å². The van der Waals surface area contributed by atoms with Gasteiger partial charge in [0, 0.05) is 6.04 Å². The molecule has 3 nitrogen and oxygen atoms in total. The third-order valence-corrected chi connectivity index (χ3v) is 2.25. The monoisotopic (exact) mass is 217 g/mol. The molecule has 0 aromatic rings. The molecule has 0 aliphatic heterocycles. The van der Waals surface area contributed by atoms with Gasteiger partial charge in [-0.15, -0.1) is 0 Å². The Morgan fingerprint density at radius 2 is 1.40 bits per heavy atom. The van der Waals surface area contributed by atoms with Gasteiger partial charge in [-0.2, -0.15) is 0 Å². The van der Waals surface area contributed by atoms with Crippen LogP contribution in [-0.2, 0) is 0 Å². The van der Waals surface area contributed by atoms with E-state index in [9.17, 15) is 0 Å². The molecule has 0 saturated heterocycles. The van der Waals surface area contributed by atoms with Gasteiger partial charge >= 0.3 is 0 Å². The highest BCUT2D eigenvalue weighted by Crippen LogP contribution is 2.14. The third kappa shape index (κ3) is 20.1. The van der Waals surface area contributed by atoms with E-state index in [-0.39, 0.29) is 0 Å². The minimum absolute atomic E-state index is 0.546. The summed E-state index contributed by atoms with van der Waals surface area (Å²) in [4.78, 5) is 0. The first-order valence-electron chi connectivity index (χ1n) is 6.38. The van der Waals surface area contributed by atoms with Gasteiger partial charge in [-0.1, -0.05) is 33.1 Å². The Hall–Kier alpha value is -0.120. The van der Waals surface area contributed by atoms with Crippen LogP contribution in [0.15, 0.2) is 0 Å². The zero-order chi connectivity index (χ0) is 11.9. The van der Waals surface area contributed by atoms with Gasteiger partial charge in [0.2, 0.25) is 0 Å². The average Bonchev–Trinajstić information content (AvgIpc) is 2.72. The molecule has 0 heterocycles. The van der Waals surface area contributed by atoms with E-state index in [4.69, 9.17) is 17.2 Å². The molecule has 6 N–H and O–H groups in total. The normalized spacial score (nSPS) is 15.0. The smallest absolute Gasteiger partial charge is 0.00388 e. The maximum absolute atomic E-state index is 5.53. The van der Waals surface area contributed by atoms with Gasteiger partial charge in [0.15, 0.2) is 0 Å². The number of nitrogens with two attached hydrogens (primary N) is 3. The van der Waals surface area contributed by atoms with E-state index in [0.717, 1.165) is 19.5 Å². The fourth-order valence-electron chi connectivity index (χ4n) is 1.16. The Bertz CT molecular complexity index is 86.9. The average molecular weight is 217 g/mol. The molecule has 1 saturated carbocycles. The molecule has 0 amide bonds. The highest BCUT2D eigenvalue weighted by Gasteiger charge is 2.07. The molecule has 1 fully saturated rings. The lowest BCUT2D eigenvalue weighted by Gasteiger charge is -1.92. The van der Waals surface area contributed by atoms with E-state index in [1.807, 2.05) is 0 Å². The van der Waals surface area contributed by atoms with Crippen LogP contribution in [0.3, 0.4) is 0 Å². The molecule has 0 spiro atoms. The lowest BCUT2D eigenvalue weighted by atomic mass is 10.3. The van der Waals surface area contributed by atoms with Crippen LogP contribution in [0.25, 0.3) is 0 Å². The van der Waals surface area contributed by atoms with Crippen molar-refractivity contribution in [1.29, 1.82) is 0 Å². The van der Waals surface area contributed by atoms with Crippen LogP contribution in [-0.4, -0.2) is 19.1 Å². The van der Waals surface area contributed by atoms with Crippen molar-refractivity contribution >= 4 is 0 Å². The van der Waals surface area contributed by atoms with E-state index in [2.05, 4.69) is 13.8 Å². The Kier molecular flexibility index (Phi) is 18.8. The van der Waals surface area contributed by atoms with Crippen molar-refractivity contribution in [3.05, 3.63) is 0 Å². The van der Waals surface area contributed by atoms with Crippen LogP contribution in [0.1, 0.15) is 58.8 Å². The van der Waals surface area contributed by atoms with Crippen LogP contribution < -0.4 is 17.2 Å². The summed E-state index contributed by atoms with van der Waals surface area (Å²) in [7, 11) is 0. The molecule has 0 bridgehead atoms. The Balaban J connectivity index is 0. The van der Waals surface area contributed by atoms with Gasteiger partial charge in [-0.25, -0.2) is 0 Å². The predicted molar refractivity (Wildman–Crippen MR) is 69.8 cm³/mol. The lowest BCUT2D eigenvalue weighted by Crippen LogP contribution is -2.13. The van der Waals surface area contributed by atoms with Crippen molar-refractivity contribution in [2.24, 2.45) is 17.2 Å². The maximum atomic E-state index is 5.53. The first-order valence-corrected chi connectivity index (χ1v) is 6.38. The van der Waals surface area contributed by atoms with E-state index in [0.29, 0.717) is 6.04 Å². The van der Waals surface area contributed by atoms with Crippen molar-refractivity contribution < 1.29 is 0 Å². The summed E-state index contributed by atoms with van der Waals surface area (Å²) in [6, 6.07) is 0.546. The van der Waals surface area contributed by atoms with Gasteiger partial charge in [-0.3, -0.25) is 0 Å². The molecule has 3 heteroatoms. The second-order valence-electron chi connectivity index (χ2n) is 3.98. The van der Waals surface area contributed by atoms with Crippen LogP contribution in [0.5, 0.6) is 0 Å². The molecule has 1 aliphatic rings. The molecular weight excluding hydrogens is 186 g/mol. The molecule has 0 atom stereocenters. The minimum Gasteiger partial charge on any atom is -0.330 e. The van der Waals surface area contributed by atoms with Gasteiger partial charge < -0.3 is 17.2 Å². The van der Waals surface area contributed by atoms with Crippen molar-refractivity contribution in [3.63, 3.8) is 0 Å². The SMILES string of the molecule is CCCCN.CCCN.NC1CCCC1. The first-order chi connectivity index (χ1) is 7.22. The van der Waals surface area contributed by atoms with Crippen LogP contribution >= 0.6 is 0 Å². The number of hydrogen-bond acceptors (Lipinski definition) is 3. The Morgan fingerprint density at radius 3 is 1.47 bits per heavy atom. The summed E-state index contributed by atoms with van der Waals surface area (Å²) in [5, 5.41) is 0. The zero-order valence-corrected chi connectivity index (χ0v) is 10.7. The summed E-state index contributed by atoms with van der Waals surface area (Å²) < 4.78 is 0. The molecule has 0 unspecified atom stereocenters. The molecular formula is C12H31N3. The Labute approximate surface area is 95.8 Å². The fraction of sp³-hybridized carbons (Fsp3) is 1.00. The quantitative estimate of drug-likeness (QED) is 0.676. The highest BCUT2D eigenvalue weighted by molar-refractivity contribution is 4.67. The molecule has 0 radical (unpaired) electrons. The van der Waals surface area contributed by atoms with Crippen molar-refractivity contribution in [3.8, 4) is 0 Å². The minimum atomic E-state index is 0.546. The van der Waals surface area contributed by atoms with Gasteiger partial charge in [-0.05, 0) is 38.8 Å². The van der Waals surface area contributed by atoms with Crippen LogP contribution in [0.2, 0.25) is 0 Å². The number of hydrogen-bond donors (Lipinski definition) is 3. The van der Waals surface area contributed by atoms with Gasteiger partial charge in [0.25, 0.3) is 0 Å². The standard InChI is InChI=1S/C5H11N.C4H11N.C3H9N/c6-5-3-1-2-4-5;1-2-3-4-5;1-2-3-4/h5H,1-4,6H2;2-5H2,1H3;2-4H2,1H3. The molecule has 0 aromatic carbocycles. The van der Waals surface area contributed by atoms with Crippen LogP contribution in [0.4, 0.5) is 0 Å². The summed E-state index contributed by atoms with van der Waals surface area (Å²) >= 11 is 0. The lowest BCUT2D eigenvalue weighted by molar-refractivity contribution is 0.704. The van der Waals surface area contributed by atoms with E-state index < -0.39 is 0 Å². The largest absolute Gasteiger partial charge is 0.330 e. The molecule has 15 heavy (non-hydrogen) atoms. The van der Waals surface area contributed by atoms with E-state index in [1.54, 1.807) is 0 Å². The van der Waals surface area contributed by atoms with Crippen molar-refractivity contribution in [1.82, 2.24) is 0 Å². The summed E-state index contributed by atoms with van der Waals surface area (Å²) in [5.41, 5.74) is 15.7. The van der Waals surface area contributed by atoms with Gasteiger partial charge in [0.1, 0.15) is 0 Å². The first kappa shape index (κ1) is 17.3. The topological polar surface area (TPSA) is 78.1 Å². The second kappa shape index (κ2) is 16.3. The summed E-state index contributed by atoms with van der Waals surface area (Å²) in [5.74, 6) is 0. The number of rotatable bonds is 3. The van der Waals surface area contributed by atoms with E-state index in [1.165, 1.54) is 38.5 Å². The molecule has 1 rings (SSSR count). The zero-order valence-electron chi connectivity index (χ0n) is 10.7. The number of unbranched alkanes of at least 4 members (excludes halogenated alkanes) is 1. The Morgan fingerprint density at radius 1 is 0.933 bits per heavy atom. The highest BCUT2D eigenvalue weighted by atomic mass is 14.6. The third-order valence-electron chi connectivity index (χ3n) is 2.25. The maximum Gasteiger partial charge on any atom is 0.00388 e. The molecule has 1 aliphatic carbocycles. The summed E-state index contributed by atoms with van der Waals surface area (Å²) in [6.07, 6.45) is 8.73. The predicted octanol–water partition coefficient (Wildman–Crippen LogP) is 1.99. The fourth-order valence-corrected chi connectivity index (χ4v) is 1.16. The van der Waals surface area contributed by atoms with Crippen molar-refractivity contribution in [2.45, 2.75) is 64.8 Å². The second-order valence-corrected chi connectivity index (χ2v) is 3.98. The summed E-state index contributed by atoms with van der Waals surface area (Å²) in [6.45, 7) is 5.85. The van der Waals surface area contributed by atoms with E-state index >= 15 is 0 Å².